The lowest BCUT2D eigenvalue weighted by Gasteiger charge is -2.16. The van der Waals surface area contributed by atoms with Gasteiger partial charge in [-0.1, -0.05) is 11.6 Å². The lowest BCUT2D eigenvalue weighted by molar-refractivity contribution is -0.0468. The van der Waals surface area contributed by atoms with E-state index in [1.54, 1.807) is 10.8 Å². The van der Waals surface area contributed by atoms with E-state index < -0.39 is 47.4 Å². The Bertz CT molecular complexity index is 1270. The minimum atomic E-state index is -4.59. The lowest BCUT2D eigenvalue weighted by atomic mass is 10.1. The fourth-order valence-electron chi connectivity index (χ4n) is 3.15. The van der Waals surface area contributed by atoms with Crippen LogP contribution in [0, 0.1) is 0 Å². The first-order chi connectivity index (χ1) is 15.2. The average molecular weight is 485 g/mol. The average Bonchev–Trinajstić information content (AvgIpc) is 3.29. The van der Waals surface area contributed by atoms with Crippen LogP contribution in [0.3, 0.4) is 0 Å². The minimum absolute atomic E-state index is 0.173. The van der Waals surface area contributed by atoms with E-state index in [0.29, 0.717) is 16.9 Å². The zero-order valence-corrected chi connectivity index (χ0v) is 17.6. The number of nitrogen functional groups attached to an aromatic ring is 1. The molecule has 1 aliphatic rings. The van der Waals surface area contributed by atoms with Crippen LogP contribution in [0.2, 0.25) is 5.15 Å². The molecule has 32 heavy (non-hydrogen) atoms. The molecular weight excluding hydrogens is 468 g/mol. The van der Waals surface area contributed by atoms with Crippen LogP contribution in [0.1, 0.15) is 16.6 Å². The molecule has 0 radical (unpaired) electrons. The number of carbonyl (C=O) groups excluding carboxylic acids is 1. The van der Waals surface area contributed by atoms with E-state index in [9.17, 15) is 23.4 Å². The molecule has 0 saturated carbocycles. The highest BCUT2D eigenvalue weighted by Crippen LogP contribution is 2.32. The Kier molecular flexibility index (Phi) is 5.98. The predicted molar refractivity (Wildman–Crippen MR) is 109 cm³/mol. The highest BCUT2D eigenvalue weighted by Gasteiger charge is 2.45. The van der Waals surface area contributed by atoms with Crippen LogP contribution >= 0.6 is 11.6 Å². The van der Waals surface area contributed by atoms with Gasteiger partial charge in [-0.15, -0.1) is 0 Å². The first kappa shape index (κ1) is 22.3. The second-order valence-electron chi connectivity index (χ2n) is 6.78. The van der Waals surface area contributed by atoms with Crippen LogP contribution in [0.15, 0.2) is 36.9 Å². The van der Waals surface area contributed by atoms with E-state index >= 15 is 0 Å². The number of ether oxygens (including phenoxy) is 1. The number of nitrogens with two attached hydrogens (primary N) is 1. The third kappa shape index (κ3) is 4.23. The second-order valence-corrected chi connectivity index (χ2v) is 8.49. The van der Waals surface area contributed by atoms with E-state index in [0.717, 1.165) is 0 Å². The zero-order chi connectivity index (χ0) is 23.0. The first-order valence-electron chi connectivity index (χ1n) is 9.08. The van der Waals surface area contributed by atoms with Crippen LogP contribution in [0.25, 0.3) is 11.2 Å². The summed E-state index contributed by atoms with van der Waals surface area (Å²) in [7, 11) is -4.59. The summed E-state index contributed by atoms with van der Waals surface area (Å²) in [4.78, 5) is 24.1. The molecule has 13 nitrogen and oxygen atoms in total. The number of halogens is 1. The summed E-state index contributed by atoms with van der Waals surface area (Å²) in [6.45, 7) is -0.694. The Morgan fingerprint density at radius 2 is 2.03 bits per heavy atom. The Morgan fingerprint density at radius 1 is 1.25 bits per heavy atom. The molecule has 4 rings (SSSR count). The number of rotatable bonds is 6. The van der Waals surface area contributed by atoms with Gasteiger partial charge in [0.15, 0.2) is 11.9 Å². The van der Waals surface area contributed by atoms with E-state index in [1.165, 1.54) is 35.4 Å². The summed E-state index contributed by atoms with van der Waals surface area (Å²) in [6, 6.07) is 4.23. The molecular formula is C17H17ClN6O7S. The summed E-state index contributed by atoms with van der Waals surface area (Å²) in [6.07, 6.45) is -1.23. The SMILES string of the molecule is Nc1ccnc2c1ncn2[C@@H]1O[C@H](COS(=O)(=O)NC(=O)c2cccnc2Cl)[C@@H](O)[C@H]1O. The van der Waals surface area contributed by atoms with Crippen LogP contribution in [0.5, 0.6) is 0 Å². The van der Waals surface area contributed by atoms with Gasteiger partial charge in [-0.3, -0.25) is 13.5 Å². The number of nitrogens with one attached hydrogen (secondary N) is 1. The minimum Gasteiger partial charge on any atom is -0.397 e. The van der Waals surface area contributed by atoms with Crippen molar-refractivity contribution in [3.05, 3.63) is 47.6 Å². The number of nitrogens with zero attached hydrogens (tertiary/aromatic N) is 4. The van der Waals surface area contributed by atoms with E-state index in [1.807, 2.05) is 0 Å². The van der Waals surface area contributed by atoms with Gasteiger partial charge in [0.1, 0.15) is 29.0 Å². The summed E-state index contributed by atoms with van der Waals surface area (Å²) in [5, 5.41) is 20.5. The number of carbonyl (C=O) groups is 1. The molecule has 3 aromatic heterocycles. The third-order valence-electron chi connectivity index (χ3n) is 4.71. The fourth-order valence-corrected chi connectivity index (χ4v) is 4.06. The lowest BCUT2D eigenvalue weighted by Crippen LogP contribution is -2.38. The van der Waals surface area contributed by atoms with Crippen molar-refractivity contribution in [2.45, 2.75) is 24.5 Å². The van der Waals surface area contributed by atoms with Crippen molar-refractivity contribution in [1.82, 2.24) is 24.2 Å². The van der Waals surface area contributed by atoms with E-state index in [-0.39, 0.29) is 10.7 Å². The van der Waals surface area contributed by atoms with Gasteiger partial charge in [-0.25, -0.2) is 19.7 Å². The van der Waals surface area contributed by atoms with Crippen LogP contribution in [0.4, 0.5) is 5.69 Å². The number of aliphatic hydroxyl groups is 2. The van der Waals surface area contributed by atoms with Gasteiger partial charge in [-0.05, 0) is 18.2 Å². The molecule has 15 heteroatoms. The molecule has 1 amide bonds. The molecule has 0 bridgehead atoms. The standard InChI is InChI=1S/C17H17ClN6O7S/c18-14-8(2-1-4-20-14)16(27)23-32(28,29)30-6-10-12(25)13(26)17(31-10)24-7-22-11-9(19)3-5-21-15(11)24/h1-5,7,10,12-13,17,25-26H,6H2,(H2,19,21)(H,23,27)/t10-,12-,13-,17-/m1/s1. The van der Waals surface area contributed by atoms with Crippen LogP contribution in [-0.4, -0.2) is 69.0 Å². The number of aliphatic hydroxyl groups excluding tert-OH is 2. The largest absolute Gasteiger partial charge is 0.397 e. The van der Waals surface area contributed by atoms with Crippen LogP contribution in [-0.2, 0) is 19.2 Å². The molecule has 0 aromatic carbocycles. The summed E-state index contributed by atoms with van der Waals surface area (Å²) >= 11 is 5.77. The molecule has 5 N–H and O–H groups in total. The van der Waals surface area contributed by atoms with Crippen molar-refractivity contribution in [2.24, 2.45) is 0 Å². The van der Waals surface area contributed by atoms with Crippen molar-refractivity contribution in [2.75, 3.05) is 12.3 Å². The highest BCUT2D eigenvalue weighted by atomic mass is 35.5. The normalized spacial score (nSPS) is 23.5. The number of fused-ring (bicyclic) bond motifs is 1. The molecule has 3 aromatic rings. The molecule has 4 heterocycles. The molecule has 4 atom stereocenters. The topological polar surface area (TPSA) is 192 Å². The van der Waals surface area contributed by atoms with Crippen LogP contribution < -0.4 is 10.5 Å². The predicted octanol–water partition coefficient (Wildman–Crippen LogP) is -0.628. The zero-order valence-electron chi connectivity index (χ0n) is 16.1. The maximum atomic E-state index is 12.1. The molecule has 0 spiro atoms. The molecule has 1 saturated heterocycles. The maximum Gasteiger partial charge on any atom is 0.362 e. The molecule has 1 fully saturated rings. The monoisotopic (exact) mass is 484 g/mol. The van der Waals surface area contributed by atoms with E-state index in [2.05, 4.69) is 15.0 Å². The third-order valence-corrected chi connectivity index (χ3v) is 5.90. The Hall–Kier alpha value is -2.88. The van der Waals surface area contributed by atoms with Gasteiger partial charge >= 0.3 is 10.3 Å². The second kappa shape index (κ2) is 8.57. The molecule has 0 unspecified atom stereocenters. The number of imidazole rings is 1. The van der Waals surface area contributed by atoms with E-state index in [4.69, 9.17) is 26.3 Å². The van der Waals surface area contributed by atoms with Crippen molar-refractivity contribution in [1.29, 1.82) is 0 Å². The van der Waals surface area contributed by atoms with Gasteiger partial charge in [0.25, 0.3) is 5.91 Å². The first-order valence-corrected chi connectivity index (χ1v) is 10.9. The Labute approximate surface area is 186 Å². The smallest absolute Gasteiger partial charge is 0.362 e. The number of pyridine rings is 2. The summed E-state index contributed by atoms with van der Waals surface area (Å²) < 4.78 is 37.7. The molecule has 170 valence electrons. The maximum absolute atomic E-state index is 12.1. The number of hydrogen-bond acceptors (Lipinski definition) is 11. The quantitative estimate of drug-likeness (QED) is 0.325. The number of hydrogen-bond donors (Lipinski definition) is 4. The van der Waals surface area contributed by atoms with Crippen molar-refractivity contribution >= 4 is 44.7 Å². The van der Waals surface area contributed by atoms with Gasteiger partial charge in [0.05, 0.1) is 24.2 Å². The van der Waals surface area contributed by atoms with Gasteiger partial charge in [0.2, 0.25) is 0 Å². The Morgan fingerprint density at radius 3 is 2.78 bits per heavy atom. The molecule has 0 aliphatic carbocycles. The number of anilines is 1. The number of aromatic nitrogens is 4. The fraction of sp³-hybridized carbons (Fsp3) is 0.294. The highest BCUT2D eigenvalue weighted by molar-refractivity contribution is 7.85. The molecule has 1 aliphatic heterocycles. The van der Waals surface area contributed by atoms with Gasteiger partial charge in [0, 0.05) is 12.4 Å². The summed E-state index contributed by atoms with van der Waals surface area (Å²) in [5.74, 6) is -1.05. The van der Waals surface area contributed by atoms with Crippen molar-refractivity contribution in [3.8, 4) is 0 Å². The van der Waals surface area contributed by atoms with Gasteiger partial charge < -0.3 is 20.7 Å². The summed E-state index contributed by atoms with van der Waals surface area (Å²) in [5.41, 5.74) is 6.70. The Balaban J connectivity index is 1.44. The number of amides is 1. The van der Waals surface area contributed by atoms with Crippen molar-refractivity contribution in [3.63, 3.8) is 0 Å². The van der Waals surface area contributed by atoms with Crippen molar-refractivity contribution < 1.29 is 32.3 Å². The van der Waals surface area contributed by atoms with Gasteiger partial charge in [-0.2, -0.15) is 8.42 Å².